The number of nitrogens with two attached hydrogens (primary N) is 1. The maximum absolute atomic E-state index is 12.4. The zero-order chi connectivity index (χ0) is 15.4. The van der Waals surface area contributed by atoms with Gasteiger partial charge in [-0.1, -0.05) is 0 Å². The Labute approximate surface area is 119 Å². The Morgan fingerprint density at radius 2 is 2.33 bits per heavy atom. The van der Waals surface area contributed by atoms with Gasteiger partial charge in [-0.2, -0.15) is 0 Å². The maximum atomic E-state index is 12.4. The standard InChI is InChI=1S/C12H14N6O3/c1-17(7-11-14-4-5-15-11)12(19)9-6-8(18(20)21)2-3-10(9)16-13/h2-6,16H,7,13H2,1H3,(H,14,15). The fraction of sp³-hybridized carbons (Fsp3) is 0.167. The molecular formula is C12H14N6O3. The van der Waals surface area contributed by atoms with Crippen LogP contribution in [0.3, 0.4) is 0 Å². The van der Waals surface area contributed by atoms with Gasteiger partial charge in [-0.15, -0.1) is 0 Å². The summed E-state index contributed by atoms with van der Waals surface area (Å²) >= 11 is 0. The number of aromatic nitrogens is 2. The van der Waals surface area contributed by atoms with E-state index < -0.39 is 10.8 Å². The molecule has 0 fully saturated rings. The molecule has 0 bridgehead atoms. The predicted molar refractivity (Wildman–Crippen MR) is 75.3 cm³/mol. The van der Waals surface area contributed by atoms with Crippen LogP contribution in [0.2, 0.25) is 0 Å². The van der Waals surface area contributed by atoms with Gasteiger partial charge in [0.15, 0.2) is 0 Å². The SMILES string of the molecule is CN(Cc1ncc[nH]1)C(=O)c1cc([N+](=O)[O-])ccc1NN. The third-order valence-corrected chi connectivity index (χ3v) is 2.89. The number of imidazole rings is 1. The molecule has 2 rings (SSSR count). The van der Waals surface area contributed by atoms with Crippen molar-refractivity contribution in [2.45, 2.75) is 6.54 Å². The van der Waals surface area contributed by atoms with Crippen LogP contribution >= 0.6 is 0 Å². The average molecular weight is 290 g/mol. The van der Waals surface area contributed by atoms with Gasteiger partial charge in [0.2, 0.25) is 0 Å². The number of nitrogens with one attached hydrogen (secondary N) is 2. The van der Waals surface area contributed by atoms with E-state index in [1.54, 1.807) is 19.4 Å². The second-order valence-corrected chi connectivity index (χ2v) is 4.33. The van der Waals surface area contributed by atoms with E-state index in [0.29, 0.717) is 11.5 Å². The second-order valence-electron chi connectivity index (χ2n) is 4.33. The number of carbonyl (C=O) groups excluding carboxylic acids is 1. The number of hydrazine groups is 1. The predicted octanol–water partition coefficient (Wildman–Crippen LogP) is 0.876. The van der Waals surface area contributed by atoms with Gasteiger partial charge in [0.1, 0.15) is 5.82 Å². The molecule has 110 valence electrons. The summed E-state index contributed by atoms with van der Waals surface area (Å²) in [5.41, 5.74) is 2.63. The van der Waals surface area contributed by atoms with Gasteiger partial charge in [-0.05, 0) is 6.07 Å². The molecule has 0 unspecified atom stereocenters. The first-order chi connectivity index (χ1) is 10.0. The van der Waals surface area contributed by atoms with E-state index in [4.69, 9.17) is 5.84 Å². The van der Waals surface area contributed by atoms with Gasteiger partial charge in [0, 0.05) is 31.6 Å². The zero-order valence-electron chi connectivity index (χ0n) is 11.2. The molecular weight excluding hydrogens is 276 g/mol. The Balaban J connectivity index is 2.28. The first kappa shape index (κ1) is 14.5. The molecule has 0 saturated heterocycles. The van der Waals surface area contributed by atoms with E-state index in [0.717, 1.165) is 0 Å². The summed E-state index contributed by atoms with van der Waals surface area (Å²) in [4.78, 5) is 30.9. The number of nitrogen functional groups attached to an aromatic ring is 1. The number of amides is 1. The third-order valence-electron chi connectivity index (χ3n) is 2.89. The number of anilines is 1. The van der Waals surface area contributed by atoms with Crippen LogP contribution in [0.5, 0.6) is 0 Å². The summed E-state index contributed by atoms with van der Waals surface area (Å²) in [6.45, 7) is 0.249. The molecule has 2 aromatic rings. The van der Waals surface area contributed by atoms with Crippen molar-refractivity contribution < 1.29 is 9.72 Å². The van der Waals surface area contributed by atoms with Crippen LogP contribution in [0.4, 0.5) is 11.4 Å². The Morgan fingerprint density at radius 1 is 1.57 bits per heavy atom. The number of rotatable bonds is 5. The van der Waals surface area contributed by atoms with Gasteiger partial charge in [0.25, 0.3) is 11.6 Å². The lowest BCUT2D eigenvalue weighted by Gasteiger charge is -2.17. The third kappa shape index (κ3) is 3.15. The highest BCUT2D eigenvalue weighted by molar-refractivity contribution is 6.00. The molecule has 0 aliphatic rings. The summed E-state index contributed by atoms with van der Waals surface area (Å²) in [6.07, 6.45) is 3.22. The van der Waals surface area contributed by atoms with Crippen LogP contribution < -0.4 is 11.3 Å². The van der Waals surface area contributed by atoms with Crippen molar-refractivity contribution in [2.75, 3.05) is 12.5 Å². The van der Waals surface area contributed by atoms with Gasteiger partial charge in [0.05, 0.1) is 22.7 Å². The molecule has 0 radical (unpaired) electrons. The number of aromatic amines is 1. The molecule has 1 heterocycles. The van der Waals surface area contributed by atoms with E-state index >= 15 is 0 Å². The number of benzene rings is 1. The van der Waals surface area contributed by atoms with E-state index in [-0.39, 0.29) is 17.8 Å². The topological polar surface area (TPSA) is 130 Å². The molecule has 21 heavy (non-hydrogen) atoms. The van der Waals surface area contributed by atoms with Crippen LogP contribution in [0.15, 0.2) is 30.6 Å². The summed E-state index contributed by atoms with van der Waals surface area (Å²) in [6, 6.07) is 3.86. The van der Waals surface area contributed by atoms with Crippen molar-refractivity contribution in [2.24, 2.45) is 5.84 Å². The van der Waals surface area contributed by atoms with Crippen molar-refractivity contribution in [1.82, 2.24) is 14.9 Å². The number of hydrogen-bond acceptors (Lipinski definition) is 6. The molecule has 0 atom stereocenters. The minimum absolute atomic E-state index is 0.126. The molecule has 0 saturated carbocycles. The minimum atomic E-state index is -0.566. The molecule has 9 nitrogen and oxygen atoms in total. The Kier molecular flexibility index (Phi) is 4.14. The number of carbonyl (C=O) groups is 1. The molecule has 0 spiro atoms. The lowest BCUT2D eigenvalue weighted by Crippen LogP contribution is -2.28. The van der Waals surface area contributed by atoms with E-state index in [1.165, 1.54) is 23.1 Å². The van der Waals surface area contributed by atoms with Crippen molar-refractivity contribution in [3.05, 3.63) is 52.1 Å². The van der Waals surface area contributed by atoms with Gasteiger partial charge < -0.3 is 15.3 Å². The molecule has 0 aliphatic carbocycles. The Hall–Kier alpha value is -2.94. The first-order valence-corrected chi connectivity index (χ1v) is 6.01. The smallest absolute Gasteiger partial charge is 0.270 e. The zero-order valence-corrected chi connectivity index (χ0v) is 11.2. The monoisotopic (exact) mass is 290 g/mol. The molecule has 0 aliphatic heterocycles. The van der Waals surface area contributed by atoms with E-state index in [2.05, 4.69) is 15.4 Å². The molecule has 9 heteroatoms. The van der Waals surface area contributed by atoms with Gasteiger partial charge in [-0.3, -0.25) is 20.8 Å². The number of nitro benzene ring substituents is 1. The largest absolute Gasteiger partial charge is 0.347 e. The number of nitro groups is 1. The number of nitrogens with zero attached hydrogens (tertiary/aromatic N) is 3. The van der Waals surface area contributed by atoms with Crippen molar-refractivity contribution in [1.29, 1.82) is 0 Å². The summed E-state index contributed by atoms with van der Waals surface area (Å²) in [5, 5.41) is 10.8. The highest BCUT2D eigenvalue weighted by atomic mass is 16.6. The van der Waals surface area contributed by atoms with Crippen molar-refractivity contribution in [3.63, 3.8) is 0 Å². The lowest BCUT2D eigenvalue weighted by atomic mass is 10.1. The van der Waals surface area contributed by atoms with Crippen molar-refractivity contribution in [3.8, 4) is 0 Å². The Bertz CT molecular complexity index is 655. The summed E-state index contributed by atoms with van der Waals surface area (Å²) in [7, 11) is 1.57. The summed E-state index contributed by atoms with van der Waals surface area (Å²) in [5.74, 6) is 5.55. The van der Waals surface area contributed by atoms with Crippen LogP contribution in [0, 0.1) is 10.1 Å². The van der Waals surface area contributed by atoms with Crippen LogP contribution in [0.1, 0.15) is 16.2 Å². The fourth-order valence-electron chi connectivity index (χ4n) is 1.84. The summed E-state index contributed by atoms with van der Waals surface area (Å²) < 4.78 is 0. The number of H-pyrrole nitrogens is 1. The maximum Gasteiger partial charge on any atom is 0.270 e. The Morgan fingerprint density at radius 3 is 2.90 bits per heavy atom. The minimum Gasteiger partial charge on any atom is -0.347 e. The highest BCUT2D eigenvalue weighted by Crippen LogP contribution is 2.23. The van der Waals surface area contributed by atoms with Crippen LogP contribution in [-0.4, -0.2) is 32.7 Å². The van der Waals surface area contributed by atoms with Gasteiger partial charge >= 0.3 is 0 Å². The van der Waals surface area contributed by atoms with Crippen LogP contribution in [-0.2, 0) is 6.54 Å². The highest BCUT2D eigenvalue weighted by Gasteiger charge is 2.20. The fourth-order valence-corrected chi connectivity index (χ4v) is 1.84. The molecule has 1 aromatic heterocycles. The first-order valence-electron chi connectivity index (χ1n) is 6.01. The number of non-ortho nitro benzene ring substituents is 1. The van der Waals surface area contributed by atoms with E-state index in [9.17, 15) is 14.9 Å². The molecule has 4 N–H and O–H groups in total. The van der Waals surface area contributed by atoms with Crippen LogP contribution in [0.25, 0.3) is 0 Å². The molecule has 1 aromatic carbocycles. The number of hydrogen-bond donors (Lipinski definition) is 3. The van der Waals surface area contributed by atoms with Gasteiger partial charge in [-0.25, -0.2) is 4.98 Å². The van der Waals surface area contributed by atoms with E-state index in [1.807, 2.05) is 0 Å². The average Bonchev–Trinajstić information content (AvgIpc) is 2.98. The molecule has 1 amide bonds. The lowest BCUT2D eigenvalue weighted by molar-refractivity contribution is -0.384. The second kappa shape index (κ2) is 6.01. The van der Waals surface area contributed by atoms with Crippen molar-refractivity contribution >= 4 is 17.3 Å². The normalized spacial score (nSPS) is 10.2. The quantitative estimate of drug-likeness (QED) is 0.425.